The standard InChI is InChI=1S/C7H8BrNOS/c8-6-2-1-5(10-6)7-9-3-4-11-7/h1-2,7,9H,3-4H2. The Bertz CT molecular complexity index is 244. The van der Waals surface area contributed by atoms with E-state index in [0.717, 1.165) is 17.0 Å². The molecule has 1 aliphatic rings. The van der Waals surface area contributed by atoms with E-state index in [1.165, 1.54) is 5.75 Å². The van der Waals surface area contributed by atoms with E-state index in [2.05, 4.69) is 21.2 Å². The van der Waals surface area contributed by atoms with Gasteiger partial charge in [0.25, 0.3) is 0 Å². The van der Waals surface area contributed by atoms with E-state index < -0.39 is 0 Å². The van der Waals surface area contributed by atoms with Gasteiger partial charge in [0.1, 0.15) is 11.1 Å². The van der Waals surface area contributed by atoms with Crippen LogP contribution in [0.2, 0.25) is 0 Å². The van der Waals surface area contributed by atoms with E-state index in [0.29, 0.717) is 5.37 Å². The number of nitrogens with one attached hydrogen (secondary N) is 1. The molecule has 0 aliphatic carbocycles. The zero-order valence-electron chi connectivity index (χ0n) is 5.84. The second-order valence-electron chi connectivity index (χ2n) is 2.35. The van der Waals surface area contributed by atoms with Crippen LogP contribution in [0.15, 0.2) is 21.2 Å². The highest BCUT2D eigenvalue weighted by Gasteiger charge is 2.19. The lowest BCUT2D eigenvalue weighted by Crippen LogP contribution is -2.11. The summed E-state index contributed by atoms with van der Waals surface area (Å²) in [5.74, 6) is 2.18. The topological polar surface area (TPSA) is 25.2 Å². The summed E-state index contributed by atoms with van der Waals surface area (Å²) in [5.41, 5.74) is 0. The number of hydrogen-bond acceptors (Lipinski definition) is 3. The first kappa shape index (κ1) is 7.71. The van der Waals surface area contributed by atoms with E-state index in [9.17, 15) is 0 Å². The third kappa shape index (κ3) is 1.63. The second-order valence-corrected chi connectivity index (χ2v) is 4.34. The molecule has 0 aromatic carbocycles. The van der Waals surface area contributed by atoms with Gasteiger partial charge in [0.2, 0.25) is 0 Å². The van der Waals surface area contributed by atoms with Crippen LogP contribution < -0.4 is 5.32 Å². The predicted molar refractivity (Wildman–Crippen MR) is 49.6 cm³/mol. The molecule has 0 radical (unpaired) electrons. The SMILES string of the molecule is Brc1ccc(C2NCCS2)o1. The van der Waals surface area contributed by atoms with Gasteiger partial charge in [-0.25, -0.2) is 0 Å². The monoisotopic (exact) mass is 233 g/mol. The van der Waals surface area contributed by atoms with E-state index >= 15 is 0 Å². The molecule has 2 rings (SSSR count). The molecule has 1 aromatic rings. The van der Waals surface area contributed by atoms with Crippen LogP contribution in [0.5, 0.6) is 0 Å². The molecular formula is C7H8BrNOS. The fourth-order valence-electron chi connectivity index (χ4n) is 1.08. The van der Waals surface area contributed by atoms with Crippen LogP contribution in [0.4, 0.5) is 0 Å². The molecule has 1 unspecified atom stereocenters. The van der Waals surface area contributed by atoms with E-state index in [1.54, 1.807) is 0 Å². The van der Waals surface area contributed by atoms with E-state index in [4.69, 9.17) is 4.42 Å². The summed E-state index contributed by atoms with van der Waals surface area (Å²) in [4.78, 5) is 0. The maximum atomic E-state index is 5.40. The molecule has 11 heavy (non-hydrogen) atoms. The molecule has 0 amide bonds. The van der Waals surface area contributed by atoms with Crippen molar-refractivity contribution < 1.29 is 4.42 Å². The minimum atomic E-state index is 0.362. The van der Waals surface area contributed by atoms with Crippen molar-refractivity contribution in [1.82, 2.24) is 5.32 Å². The highest BCUT2D eigenvalue weighted by Crippen LogP contribution is 2.31. The number of thioether (sulfide) groups is 1. The van der Waals surface area contributed by atoms with Gasteiger partial charge >= 0.3 is 0 Å². The van der Waals surface area contributed by atoms with Crippen LogP contribution in [-0.2, 0) is 0 Å². The molecule has 2 heterocycles. The van der Waals surface area contributed by atoms with Crippen molar-refractivity contribution in [2.24, 2.45) is 0 Å². The third-order valence-corrected chi connectivity index (χ3v) is 3.17. The highest BCUT2D eigenvalue weighted by molar-refractivity contribution is 9.10. The summed E-state index contributed by atoms with van der Waals surface area (Å²) in [6.45, 7) is 1.08. The first-order chi connectivity index (χ1) is 5.36. The Labute approximate surface area is 77.9 Å². The molecule has 1 aliphatic heterocycles. The molecule has 1 aromatic heterocycles. The summed E-state index contributed by atoms with van der Waals surface area (Å²) in [5, 5.41) is 3.70. The largest absolute Gasteiger partial charge is 0.452 e. The summed E-state index contributed by atoms with van der Waals surface area (Å²) < 4.78 is 6.21. The Morgan fingerprint density at radius 2 is 2.55 bits per heavy atom. The van der Waals surface area contributed by atoms with Gasteiger partial charge in [0.05, 0.1) is 0 Å². The van der Waals surface area contributed by atoms with Crippen molar-refractivity contribution in [2.75, 3.05) is 12.3 Å². The van der Waals surface area contributed by atoms with Gasteiger partial charge < -0.3 is 4.42 Å². The van der Waals surface area contributed by atoms with Crippen molar-refractivity contribution in [3.63, 3.8) is 0 Å². The molecule has 0 bridgehead atoms. The van der Waals surface area contributed by atoms with Crippen LogP contribution in [0.1, 0.15) is 11.1 Å². The van der Waals surface area contributed by atoms with Crippen molar-refractivity contribution in [3.05, 3.63) is 22.6 Å². The molecule has 2 nitrogen and oxygen atoms in total. The first-order valence-electron chi connectivity index (χ1n) is 3.46. The van der Waals surface area contributed by atoms with Crippen LogP contribution in [0, 0.1) is 0 Å². The predicted octanol–water partition coefficient (Wildman–Crippen LogP) is 2.38. The zero-order chi connectivity index (χ0) is 7.68. The third-order valence-electron chi connectivity index (χ3n) is 1.57. The normalized spacial score (nSPS) is 24.3. The van der Waals surface area contributed by atoms with Crippen LogP contribution >= 0.6 is 27.7 Å². The zero-order valence-corrected chi connectivity index (χ0v) is 8.24. The quantitative estimate of drug-likeness (QED) is 0.807. The van der Waals surface area contributed by atoms with Crippen LogP contribution in [-0.4, -0.2) is 12.3 Å². The van der Waals surface area contributed by atoms with Gasteiger partial charge in [0.15, 0.2) is 4.67 Å². The fourth-order valence-corrected chi connectivity index (χ4v) is 2.39. The van der Waals surface area contributed by atoms with Crippen LogP contribution in [0.25, 0.3) is 0 Å². The molecule has 0 spiro atoms. The fraction of sp³-hybridized carbons (Fsp3) is 0.429. The van der Waals surface area contributed by atoms with Crippen molar-refractivity contribution in [2.45, 2.75) is 5.37 Å². The Kier molecular flexibility index (Phi) is 2.25. The average molecular weight is 234 g/mol. The summed E-state index contributed by atoms with van der Waals surface area (Å²) in [6.07, 6.45) is 0. The Balaban J connectivity index is 2.15. The lowest BCUT2D eigenvalue weighted by Gasteiger charge is -2.03. The molecular weight excluding hydrogens is 226 g/mol. The van der Waals surface area contributed by atoms with Gasteiger partial charge in [0, 0.05) is 12.3 Å². The summed E-state index contributed by atoms with van der Waals surface area (Å²) in [6, 6.07) is 3.93. The average Bonchev–Trinajstić information content (AvgIpc) is 2.55. The summed E-state index contributed by atoms with van der Waals surface area (Å²) in [7, 11) is 0. The van der Waals surface area contributed by atoms with Crippen molar-refractivity contribution in [1.29, 1.82) is 0 Å². The number of furan rings is 1. The van der Waals surface area contributed by atoms with Crippen LogP contribution in [0.3, 0.4) is 0 Å². The highest BCUT2D eigenvalue weighted by atomic mass is 79.9. The maximum Gasteiger partial charge on any atom is 0.169 e. The molecule has 60 valence electrons. The van der Waals surface area contributed by atoms with E-state index in [-0.39, 0.29) is 0 Å². The maximum absolute atomic E-state index is 5.40. The van der Waals surface area contributed by atoms with Gasteiger partial charge in [-0.15, -0.1) is 11.8 Å². The smallest absolute Gasteiger partial charge is 0.169 e. The Morgan fingerprint density at radius 3 is 3.09 bits per heavy atom. The van der Waals surface area contributed by atoms with Gasteiger partial charge in [-0.2, -0.15) is 0 Å². The van der Waals surface area contributed by atoms with Gasteiger partial charge in [-0.1, -0.05) is 0 Å². The minimum absolute atomic E-state index is 0.362. The van der Waals surface area contributed by atoms with Gasteiger partial charge in [-0.05, 0) is 28.1 Å². The molecule has 0 saturated carbocycles. The summed E-state index contributed by atoms with van der Waals surface area (Å²) >= 11 is 5.16. The molecule has 1 fully saturated rings. The molecule has 1 atom stereocenters. The number of hydrogen-bond donors (Lipinski definition) is 1. The molecule has 1 saturated heterocycles. The van der Waals surface area contributed by atoms with Crippen molar-refractivity contribution in [3.8, 4) is 0 Å². The minimum Gasteiger partial charge on any atom is -0.452 e. The molecule has 1 N–H and O–H groups in total. The lowest BCUT2D eigenvalue weighted by molar-refractivity contribution is 0.470. The number of halogens is 1. The number of rotatable bonds is 1. The van der Waals surface area contributed by atoms with Gasteiger partial charge in [-0.3, -0.25) is 5.32 Å². The first-order valence-corrected chi connectivity index (χ1v) is 5.30. The van der Waals surface area contributed by atoms with Crippen molar-refractivity contribution >= 4 is 27.7 Å². The molecule has 4 heteroatoms. The lowest BCUT2D eigenvalue weighted by atomic mass is 10.4. The Hall–Kier alpha value is 0.0700. The second kappa shape index (κ2) is 3.21. The Morgan fingerprint density at radius 1 is 1.64 bits per heavy atom. The van der Waals surface area contributed by atoms with E-state index in [1.807, 2.05) is 23.9 Å².